The predicted octanol–water partition coefficient (Wildman–Crippen LogP) is 7.07. The van der Waals surface area contributed by atoms with E-state index in [2.05, 4.69) is 69.4 Å². The van der Waals surface area contributed by atoms with E-state index in [1.165, 1.54) is 11.9 Å². The number of alkyl halides is 1. The van der Waals surface area contributed by atoms with Crippen LogP contribution in [0.15, 0.2) is 90.2 Å². The molecule has 0 unspecified atom stereocenters. The minimum absolute atomic E-state index is 0.0274. The molecule has 1 aromatic heterocycles. The van der Waals surface area contributed by atoms with Gasteiger partial charge in [-0.3, -0.25) is 9.89 Å². The topological polar surface area (TPSA) is 77.2 Å². The fourth-order valence-electron chi connectivity index (χ4n) is 3.74. The maximum Gasteiger partial charge on any atom is 0.210 e. The molecule has 2 heterocycles. The van der Waals surface area contributed by atoms with Crippen molar-refractivity contribution in [2.75, 3.05) is 26.2 Å². The average molecular weight is 567 g/mol. The Morgan fingerprint density at radius 3 is 2.15 bits per heavy atom. The van der Waals surface area contributed by atoms with Gasteiger partial charge in [0.1, 0.15) is 12.2 Å². The highest BCUT2D eigenvalue weighted by Gasteiger charge is 2.24. The summed E-state index contributed by atoms with van der Waals surface area (Å²) in [4.78, 5) is 21.4. The second-order valence-electron chi connectivity index (χ2n) is 9.06. The third-order valence-corrected chi connectivity index (χ3v) is 6.96. The molecule has 0 radical (unpaired) electrons. The summed E-state index contributed by atoms with van der Waals surface area (Å²) in [6.45, 7) is 25.7. The third kappa shape index (κ3) is 10.5. The van der Waals surface area contributed by atoms with Crippen molar-refractivity contribution >= 4 is 23.1 Å². The molecule has 0 atom stereocenters. The van der Waals surface area contributed by atoms with Crippen LogP contribution in [0.2, 0.25) is 0 Å². The predicted molar refractivity (Wildman–Crippen MR) is 169 cm³/mol. The maximum atomic E-state index is 13.3. The molecule has 3 rings (SSSR count). The SMILES string of the molecule is C=C(C(=O)C(=C/N/C(C)=C(/C)CC)/C(C)=C/C)N1CCN(C(=C)c2ccccc2)CC1.CC.ClCc1ncn[nH]1. The van der Waals surface area contributed by atoms with Crippen LogP contribution >= 0.6 is 11.6 Å². The summed E-state index contributed by atoms with van der Waals surface area (Å²) in [6.07, 6.45) is 6.19. The summed E-state index contributed by atoms with van der Waals surface area (Å²) in [5.74, 6) is 1.09. The number of Topliss-reactive ketones (excluding diaryl/α,β-unsaturated/α-hetero) is 1. The molecule has 218 valence electrons. The number of allylic oxidation sites excluding steroid dienone is 5. The smallest absolute Gasteiger partial charge is 0.210 e. The van der Waals surface area contributed by atoms with Crippen LogP contribution in [0.5, 0.6) is 0 Å². The van der Waals surface area contributed by atoms with Gasteiger partial charge in [0.15, 0.2) is 0 Å². The molecular formula is C32H47ClN6O. The number of aromatic nitrogens is 3. The first kappa shape index (κ1) is 34.4. The van der Waals surface area contributed by atoms with Crippen molar-refractivity contribution in [2.45, 2.75) is 60.8 Å². The van der Waals surface area contributed by atoms with Crippen LogP contribution in [-0.4, -0.2) is 56.9 Å². The van der Waals surface area contributed by atoms with Gasteiger partial charge in [-0.15, -0.1) is 11.6 Å². The van der Waals surface area contributed by atoms with Gasteiger partial charge in [-0.05, 0) is 45.3 Å². The van der Waals surface area contributed by atoms with Crippen LogP contribution in [0, 0.1) is 0 Å². The first-order chi connectivity index (χ1) is 19.2. The van der Waals surface area contributed by atoms with E-state index in [0.29, 0.717) is 23.0 Å². The van der Waals surface area contributed by atoms with Crippen LogP contribution < -0.4 is 5.32 Å². The normalized spacial score (nSPS) is 14.2. The van der Waals surface area contributed by atoms with E-state index in [9.17, 15) is 4.79 Å². The summed E-state index contributed by atoms with van der Waals surface area (Å²) < 4.78 is 0. The minimum atomic E-state index is -0.0274. The van der Waals surface area contributed by atoms with Crippen LogP contribution in [0.1, 0.15) is 66.3 Å². The molecule has 2 N–H and O–H groups in total. The summed E-state index contributed by atoms with van der Waals surface area (Å²) in [6, 6.07) is 10.2. The van der Waals surface area contributed by atoms with Crippen molar-refractivity contribution in [3.63, 3.8) is 0 Å². The number of nitrogens with zero attached hydrogens (tertiary/aromatic N) is 4. The number of benzene rings is 1. The van der Waals surface area contributed by atoms with Gasteiger partial charge in [0.05, 0.1) is 11.6 Å². The molecule has 0 spiro atoms. The van der Waals surface area contributed by atoms with Crippen molar-refractivity contribution in [1.29, 1.82) is 0 Å². The molecule has 1 fully saturated rings. The number of nitrogens with one attached hydrogen (secondary N) is 2. The third-order valence-electron chi connectivity index (χ3n) is 6.71. The molecule has 0 bridgehead atoms. The number of hydrogen-bond donors (Lipinski definition) is 2. The standard InChI is InChI=1S/C27H37N3O.C3H4ClN3.C2H6/c1-8-20(3)22(5)28-19-26(21(4)9-2)27(31)24(7)30-17-15-29(16-18-30)23(6)25-13-11-10-12-14-25;4-1-3-5-2-6-7-3;1-2/h9-14,19,28H,6-8,15-18H2,1-5H3;2H,1H2,(H,5,6,7);1-2H3/b21-9+,22-20-,26-19+;;. The number of halogens is 1. The van der Waals surface area contributed by atoms with Crippen molar-refractivity contribution in [2.24, 2.45) is 0 Å². The Hall–Kier alpha value is -3.58. The number of carbonyl (C=O) groups excluding carboxylic acids is 1. The Balaban J connectivity index is 0.000000759. The Labute approximate surface area is 246 Å². The fraction of sp³-hybridized carbons (Fsp3) is 0.406. The molecule has 40 heavy (non-hydrogen) atoms. The fourth-order valence-corrected chi connectivity index (χ4v) is 3.87. The van der Waals surface area contributed by atoms with E-state index >= 15 is 0 Å². The highest BCUT2D eigenvalue weighted by Crippen LogP contribution is 2.22. The lowest BCUT2D eigenvalue weighted by Gasteiger charge is -2.38. The molecule has 0 amide bonds. The van der Waals surface area contributed by atoms with Crippen molar-refractivity contribution in [1.82, 2.24) is 30.3 Å². The molecular weight excluding hydrogens is 520 g/mol. The van der Waals surface area contributed by atoms with E-state index in [-0.39, 0.29) is 5.78 Å². The van der Waals surface area contributed by atoms with Crippen LogP contribution in [0.3, 0.4) is 0 Å². The zero-order chi connectivity index (χ0) is 30.1. The van der Waals surface area contributed by atoms with Crippen molar-refractivity contribution in [3.05, 3.63) is 102 Å². The van der Waals surface area contributed by atoms with Crippen LogP contribution in [-0.2, 0) is 10.7 Å². The molecule has 1 saturated heterocycles. The second kappa shape index (κ2) is 18.7. The number of aromatic amines is 1. The van der Waals surface area contributed by atoms with Gasteiger partial charge in [-0.1, -0.05) is 75.9 Å². The quantitative estimate of drug-likeness (QED) is 0.182. The lowest BCUT2D eigenvalue weighted by Crippen LogP contribution is -2.45. The van der Waals surface area contributed by atoms with Crippen molar-refractivity contribution < 1.29 is 4.79 Å². The van der Waals surface area contributed by atoms with E-state index in [1.807, 2.05) is 65.1 Å². The second-order valence-corrected chi connectivity index (χ2v) is 9.33. The minimum Gasteiger partial charge on any atom is -0.368 e. The lowest BCUT2D eigenvalue weighted by atomic mass is 10.0. The first-order valence-corrected chi connectivity index (χ1v) is 14.4. The van der Waals surface area contributed by atoms with Gasteiger partial charge < -0.3 is 15.1 Å². The van der Waals surface area contributed by atoms with E-state index in [4.69, 9.17) is 11.6 Å². The molecule has 1 aliphatic heterocycles. The number of H-pyrrole nitrogens is 1. The number of piperazine rings is 1. The lowest BCUT2D eigenvalue weighted by molar-refractivity contribution is -0.113. The zero-order valence-electron chi connectivity index (χ0n) is 25.4. The Bertz CT molecular complexity index is 1160. The molecule has 1 aromatic carbocycles. The van der Waals surface area contributed by atoms with E-state index in [0.717, 1.165) is 55.1 Å². The average Bonchev–Trinajstić information content (AvgIpc) is 3.55. The first-order valence-electron chi connectivity index (χ1n) is 13.9. The molecule has 7 nitrogen and oxygen atoms in total. The zero-order valence-corrected chi connectivity index (χ0v) is 26.1. The summed E-state index contributed by atoms with van der Waals surface area (Å²) >= 11 is 5.33. The molecule has 0 aliphatic carbocycles. The summed E-state index contributed by atoms with van der Waals surface area (Å²) in [7, 11) is 0. The highest BCUT2D eigenvalue weighted by atomic mass is 35.5. The van der Waals surface area contributed by atoms with Crippen LogP contribution in [0.4, 0.5) is 0 Å². The number of hydrogen-bond acceptors (Lipinski definition) is 6. The summed E-state index contributed by atoms with van der Waals surface area (Å²) in [5.41, 5.74) is 6.67. The Kier molecular flexibility index (Phi) is 16.1. The Morgan fingerprint density at radius 2 is 1.68 bits per heavy atom. The van der Waals surface area contributed by atoms with Gasteiger partial charge in [0.2, 0.25) is 5.78 Å². The maximum absolute atomic E-state index is 13.3. The van der Waals surface area contributed by atoms with Gasteiger partial charge >= 0.3 is 0 Å². The van der Waals surface area contributed by atoms with Gasteiger partial charge in [-0.25, -0.2) is 4.98 Å². The van der Waals surface area contributed by atoms with Gasteiger partial charge in [0, 0.05) is 49.3 Å². The Morgan fingerprint density at radius 1 is 1.07 bits per heavy atom. The van der Waals surface area contributed by atoms with Gasteiger partial charge in [-0.2, -0.15) is 5.10 Å². The van der Waals surface area contributed by atoms with Crippen LogP contribution in [0.25, 0.3) is 5.70 Å². The van der Waals surface area contributed by atoms with E-state index in [1.54, 1.807) is 0 Å². The molecule has 1 aliphatic rings. The monoisotopic (exact) mass is 566 g/mol. The number of ketones is 1. The summed E-state index contributed by atoms with van der Waals surface area (Å²) in [5, 5.41) is 9.47. The highest BCUT2D eigenvalue weighted by molar-refractivity contribution is 6.16. The van der Waals surface area contributed by atoms with Crippen molar-refractivity contribution in [3.8, 4) is 0 Å². The molecule has 0 saturated carbocycles. The molecule has 8 heteroatoms. The molecule has 2 aromatic rings. The number of rotatable bonds is 10. The largest absolute Gasteiger partial charge is 0.368 e. The number of carbonyl (C=O) groups is 1. The van der Waals surface area contributed by atoms with E-state index < -0.39 is 0 Å². The van der Waals surface area contributed by atoms with Gasteiger partial charge in [0.25, 0.3) is 0 Å².